The highest BCUT2D eigenvalue weighted by Crippen LogP contribution is 2.36. The van der Waals surface area contributed by atoms with Crippen LogP contribution in [0.5, 0.6) is 17.2 Å². The zero-order chi connectivity index (χ0) is 19.7. The highest BCUT2D eigenvalue weighted by molar-refractivity contribution is 6.08. The van der Waals surface area contributed by atoms with Crippen LogP contribution in [-0.2, 0) is 0 Å². The van der Waals surface area contributed by atoms with E-state index in [4.69, 9.17) is 4.74 Å². The minimum absolute atomic E-state index is 0.138. The predicted octanol–water partition coefficient (Wildman–Crippen LogP) is 4.41. The van der Waals surface area contributed by atoms with E-state index in [2.05, 4.69) is 10.3 Å². The van der Waals surface area contributed by atoms with Crippen molar-refractivity contribution in [1.29, 1.82) is 0 Å². The lowest BCUT2D eigenvalue weighted by molar-refractivity contribution is -0.384. The van der Waals surface area contributed by atoms with E-state index in [-0.39, 0.29) is 22.9 Å². The topological polar surface area (TPSA) is 114 Å². The van der Waals surface area contributed by atoms with E-state index in [9.17, 15) is 20.0 Å². The van der Waals surface area contributed by atoms with Crippen molar-refractivity contribution in [1.82, 2.24) is 0 Å². The largest absolute Gasteiger partial charge is 0.507 e. The zero-order valence-corrected chi connectivity index (χ0v) is 14.3. The molecular formula is C20H13N3O5. The molecule has 0 fully saturated rings. The SMILES string of the molecule is O=C1Nc2ccccc2Oc2ccc(N=Cc3cc([N+](=O)[O-])ccc3O)cc21. The number of para-hydroxylation sites is 2. The molecule has 0 bridgehead atoms. The average Bonchev–Trinajstić information content (AvgIpc) is 2.82. The Morgan fingerprint density at radius 3 is 2.71 bits per heavy atom. The Labute approximate surface area is 158 Å². The fourth-order valence-corrected chi connectivity index (χ4v) is 2.73. The number of fused-ring (bicyclic) bond motifs is 2. The maximum atomic E-state index is 12.5. The molecule has 0 saturated carbocycles. The number of aromatic hydroxyl groups is 1. The molecule has 28 heavy (non-hydrogen) atoms. The van der Waals surface area contributed by atoms with Gasteiger partial charge in [0.2, 0.25) is 0 Å². The Bertz CT molecular complexity index is 1140. The summed E-state index contributed by atoms with van der Waals surface area (Å²) in [6, 6.07) is 15.5. The number of carbonyl (C=O) groups excluding carboxylic acids is 1. The van der Waals surface area contributed by atoms with E-state index in [1.807, 2.05) is 0 Å². The first-order valence-corrected chi connectivity index (χ1v) is 8.25. The molecule has 3 aromatic carbocycles. The fourth-order valence-electron chi connectivity index (χ4n) is 2.73. The Morgan fingerprint density at radius 1 is 1.07 bits per heavy atom. The summed E-state index contributed by atoms with van der Waals surface area (Å²) in [4.78, 5) is 27.1. The van der Waals surface area contributed by atoms with Crippen LogP contribution in [-0.4, -0.2) is 22.2 Å². The van der Waals surface area contributed by atoms with Crippen LogP contribution in [0.4, 0.5) is 17.1 Å². The second kappa shape index (κ2) is 6.84. The predicted molar refractivity (Wildman–Crippen MR) is 103 cm³/mol. The number of nitrogens with zero attached hydrogens (tertiary/aromatic N) is 2. The van der Waals surface area contributed by atoms with Gasteiger partial charge in [0, 0.05) is 23.9 Å². The first-order valence-electron chi connectivity index (χ1n) is 8.25. The Hall–Kier alpha value is -4.20. The molecule has 1 aliphatic heterocycles. The van der Waals surface area contributed by atoms with Gasteiger partial charge in [-0.05, 0) is 36.4 Å². The van der Waals surface area contributed by atoms with E-state index in [1.54, 1.807) is 42.5 Å². The molecule has 0 radical (unpaired) electrons. The van der Waals surface area contributed by atoms with Crippen LogP contribution in [0, 0.1) is 10.1 Å². The van der Waals surface area contributed by atoms with Gasteiger partial charge in [-0.3, -0.25) is 19.9 Å². The lowest BCUT2D eigenvalue weighted by Crippen LogP contribution is -2.10. The molecule has 4 rings (SSSR count). The van der Waals surface area contributed by atoms with Crippen molar-refractivity contribution in [2.75, 3.05) is 5.32 Å². The van der Waals surface area contributed by atoms with E-state index in [1.165, 1.54) is 24.4 Å². The van der Waals surface area contributed by atoms with Crippen LogP contribution in [0.15, 0.2) is 65.7 Å². The van der Waals surface area contributed by atoms with E-state index in [0.29, 0.717) is 28.4 Å². The van der Waals surface area contributed by atoms with Gasteiger partial charge >= 0.3 is 0 Å². The molecule has 1 amide bonds. The number of hydrogen-bond donors (Lipinski definition) is 2. The standard InChI is InChI=1S/C20H13N3O5/c24-17-7-6-14(23(26)27)9-12(17)11-21-13-5-8-18-15(10-13)20(25)22-16-3-1-2-4-19(16)28-18/h1-11,24H,(H,22,25). The minimum Gasteiger partial charge on any atom is -0.507 e. The quantitative estimate of drug-likeness (QED) is 0.400. The van der Waals surface area contributed by atoms with Crippen LogP contribution >= 0.6 is 0 Å². The van der Waals surface area contributed by atoms with Crippen LogP contribution in [0.1, 0.15) is 15.9 Å². The van der Waals surface area contributed by atoms with Crippen molar-refractivity contribution in [3.63, 3.8) is 0 Å². The second-order valence-corrected chi connectivity index (χ2v) is 5.99. The van der Waals surface area contributed by atoms with E-state index < -0.39 is 4.92 Å². The fraction of sp³-hybridized carbons (Fsp3) is 0. The Morgan fingerprint density at radius 2 is 1.89 bits per heavy atom. The monoisotopic (exact) mass is 375 g/mol. The third-order valence-electron chi connectivity index (χ3n) is 4.14. The summed E-state index contributed by atoms with van der Waals surface area (Å²) in [7, 11) is 0. The summed E-state index contributed by atoms with van der Waals surface area (Å²) >= 11 is 0. The van der Waals surface area contributed by atoms with Gasteiger partial charge in [0.15, 0.2) is 5.75 Å². The van der Waals surface area contributed by atoms with Crippen molar-refractivity contribution in [3.8, 4) is 17.2 Å². The highest BCUT2D eigenvalue weighted by Gasteiger charge is 2.20. The normalized spacial score (nSPS) is 12.5. The molecular weight excluding hydrogens is 362 g/mol. The third kappa shape index (κ3) is 3.26. The van der Waals surface area contributed by atoms with E-state index in [0.717, 1.165) is 0 Å². The molecule has 0 atom stereocenters. The molecule has 1 heterocycles. The zero-order valence-electron chi connectivity index (χ0n) is 14.3. The van der Waals surface area contributed by atoms with Crippen molar-refractivity contribution >= 4 is 29.2 Å². The number of ether oxygens (including phenoxy) is 1. The Kier molecular flexibility index (Phi) is 4.21. The van der Waals surface area contributed by atoms with Crippen LogP contribution in [0.3, 0.4) is 0 Å². The molecule has 0 spiro atoms. The van der Waals surface area contributed by atoms with Crippen molar-refractivity contribution in [2.45, 2.75) is 0 Å². The smallest absolute Gasteiger partial charge is 0.270 e. The van der Waals surface area contributed by atoms with Gasteiger partial charge in [0.25, 0.3) is 11.6 Å². The summed E-state index contributed by atoms with van der Waals surface area (Å²) in [5.74, 6) is 0.447. The van der Waals surface area contributed by atoms with Gasteiger partial charge in [-0.15, -0.1) is 0 Å². The minimum atomic E-state index is -0.557. The number of non-ortho nitro benzene ring substituents is 1. The van der Waals surface area contributed by atoms with Gasteiger partial charge < -0.3 is 15.2 Å². The van der Waals surface area contributed by atoms with Crippen molar-refractivity contribution < 1.29 is 19.6 Å². The third-order valence-corrected chi connectivity index (χ3v) is 4.14. The first-order chi connectivity index (χ1) is 13.5. The number of amides is 1. The van der Waals surface area contributed by atoms with Crippen molar-refractivity contribution in [3.05, 3.63) is 81.9 Å². The maximum absolute atomic E-state index is 12.5. The van der Waals surface area contributed by atoms with Gasteiger partial charge in [0.05, 0.1) is 21.9 Å². The average molecular weight is 375 g/mol. The number of hydrogen-bond acceptors (Lipinski definition) is 6. The molecule has 0 aromatic heterocycles. The molecule has 2 N–H and O–H groups in total. The van der Waals surface area contributed by atoms with Gasteiger partial charge in [-0.1, -0.05) is 12.1 Å². The molecule has 1 aliphatic rings. The number of carbonyl (C=O) groups is 1. The summed E-state index contributed by atoms with van der Waals surface area (Å²) in [6.07, 6.45) is 1.30. The molecule has 0 unspecified atom stereocenters. The summed E-state index contributed by atoms with van der Waals surface area (Å²) in [5, 5.41) is 23.5. The van der Waals surface area contributed by atoms with E-state index >= 15 is 0 Å². The number of rotatable bonds is 3. The van der Waals surface area contributed by atoms with Crippen LogP contribution in [0.25, 0.3) is 0 Å². The molecule has 0 aliphatic carbocycles. The number of phenols is 1. The van der Waals surface area contributed by atoms with Gasteiger partial charge in [-0.25, -0.2) is 0 Å². The number of nitro benzene ring substituents is 1. The molecule has 8 nitrogen and oxygen atoms in total. The number of aliphatic imine (C=N–C) groups is 1. The summed E-state index contributed by atoms with van der Waals surface area (Å²) < 4.78 is 5.80. The second-order valence-electron chi connectivity index (χ2n) is 5.99. The molecule has 0 saturated heterocycles. The number of nitrogens with one attached hydrogen (secondary N) is 1. The summed E-state index contributed by atoms with van der Waals surface area (Å²) in [5.41, 5.74) is 1.32. The van der Waals surface area contributed by atoms with Gasteiger partial charge in [0.1, 0.15) is 11.5 Å². The number of benzene rings is 3. The maximum Gasteiger partial charge on any atom is 0.270 e. The van der Waals surface area contributed by atoms with Crippen molar-refractivity contribution in [2.24, 2.45) is 4.99 Å². The Balaban J connectivity index is 1.66. The lowest BCUT2D eigenvalue weighted by atomic mass is 10.1. The highest BCUT2D eigenvalue weighted by atomic mass is 16.6. The van der Waals surface area contributed by atoms with Gasteiger partial charge in [-0.2, -0.15) is 0 Å². The summed E-state index contributed by atoms with van der Waals surface area (Å²) in [6.45, 7) is 0. The number of phenolic OH excluding ortho intramolecular Hbond substituents is 1. The van der Waals surface area contributed by atoms with Crippen LogP contribution < -0.4 is 10.1 Å². The van der Waals surface area contributed by atoms with Crippen LogP contribution in [0.2, 0.25) is 0 Å². The first kappa shape index (κ1) is 17.2. The molecule has 138 valence electrons. The number of anilines is 1. The molecule has 3 aromatic rings. The molecule has 8 heteroatoms. The lowest BCUT2D eigenvalue weighted by Gasteiger charge is -2.07. The number of nitro groups is 1.